The molecule has 1 fully saturated rings. The van der Waals surface area contributed by atoms with Gasteiger partial charge in [0.05, 0.1) is 16.8 Å². The third kappa shape index (κ3) is 6.48. The first-order valence-corrected chi connectivity index (χ1v) is 13.3. The quantitative estimate of drug-likeness (QED) is 0.384. The van der Waals surface area contributed by atoms with Crippen LogP contribution in [0.25, 0.3) is 22.2 Å². The molecular weight excluding hydrogens is 523 g/mol. The third-order valence-electron chi connectivity index (χ3n) is 5.84. The Hall–Kier alpha value is -2.83. The molecule has 8 nitrogen and oxygen atoms in total. The Kier molecular flexibility index (Phi) is 7.22. The van der Waals surface area contributed by atoms with Gasteiger partial charge in [-0.05, 0) is 49.4 Å². The lowest BCUT2D eigenvalue weighted by Crippen LogP contribution is -2.31. The number of fused-ring (bicyclic) bond motifs is 1. The number of hydrogen-bond acceptors (Lipinski definition) is 6. The first-order chi connectivity index (χ1) is 16.8. The summed E-state index contributed by atoms with van der Waals surface area (Å²) < 4.78 is 68.5. The van der Waals surface area contributed by atoms with Crippen molar-refractivity contribution in [3.8, 4) is 16.9 Å². The van der Waals surface area contributed by atoms with E-state index in [1.165, 1.54) is 18.6 Å². The van der Waals surface area contributed by atoms with Gasteiger partial charge in [-0.25, -0.2) is 4.98 Å². The number of rotatable bonds is 3. The molecule has 1 saturated carbocycles. The monoisotopic (exact) mass is 545 g/mol. The molecule has 1 aliphatic carbocycles. The Morgan fingerprint density at radius 1 is 1.17 bits per heavy atom. The summed E-state index contributed by atoms with van der Waals surface area (Å²) in [5.74, 6) is 0.272. The van der Waals surface area contributed by atoms with Crippen LogP contribution in [0.2, 0.25) is 5.02 Å². The second-order valence-corrected chi connectivity index (χ2v) is 10.6. The third-order valence-corrected chi connectivity index (χ3v) is 6.13. The molecule has 0 amide bonds. The second kappa shape index (κ2) is 9.91. The maximum absolute atomic E-state index is 12.8. The van der Waals surface area contributed by atoms with Crippen LogP contribution in [-0.4, -0.2) is 46.9 Å². The van der Waals surface area contributed by atoms with Crippen LogP contribution < -0.4 is 4.74 Å². The van der Waals surface area contributed by atoms with E-state index in [-0.39, 0.29) is 16.9 Å². The van der Waals surface area contributed by atoms with Crippen molar-refractivity contribution >= 4 is 38.5 Å². The summed E-state index contributed by atoms with van der Waals surface area (Å²) in [6.45, 7) is 0. The van der Waals surface area contributed by atoms with E-state index in [4.69, 9.17) is 21.0 Å². The first kappa shape index (κ1) is 26.2. The number of nitrogens with zero attached hydrogens (tertiary/aromatic N) is 2. The molecule has 5 rings (SSSR count). The molecule has 2 aliphatic rings. The number of nitrogens with one attached hydrogen (secondary N) is 1. The highest BCUT2D eigenvalue weighted by Gasteiger charge is 2.41. The predicted octanol–water partition coefficient (Wildman–Crippen LogP) is 6.11. The number of para-hydroxylation sites is 1. The molecule has 0 bridgehead atoms. The van der Waals surface area contributed by atoms with Crippen molar-refractivity contribution in [2.24, 2.45) is 5.16 Å². The number of aromatic nitrogens is 2. The van der Waals surface area contributed by atoms with Gasteiger partial charge in [-0.1, -0.05) is 41.4 Å². The van der Waals surface area contributed by atoms with Crippen LogP contribution in [0, 0.1) is 0 Å². The van der Waals surface area contributed by atoms with Gasteiger partial charge in [0.15, 0.2) is 5.82 Å². The van der Waals surface area contributed by atoms with E-state index in [1.807, 2.05) is 0 Å². The molecule has 13 heteroatoms. The molecule has 2 heterocycles. The number of H-pyrrole nitrogens is 1. The van der Waals surface area contributed by atoms with Gasteiger partial charge in [-0.2, -0.15) is 8.42 Å². The summed E-state index contributed by atoms with van der Waals surface area (Å²) in [6.07, 6.45) is 2.01. The fraction of sp³-hybridized carbons (Fsp3) is 0.391. The number of hydrogen-bond donors (Lipinski definition) is 2. The van der Waals surface area contributed by atoms with E-state index in [1.54, 1.807) is 24.3 Å². The zero-order chi connectivity index (χ0) is 26.1. The fourth-order valence-corrected chi connectivity index (χ4v) is 4.66. The zero-order valence-electron chi connectivity index (χ0n) is 19.1. The number of ether oxygens (including phenoxy) is 1. The van der Waals surface area contributed by atoms with Crippen molar-refractivity contribution in [1.29, 1.82) is 0 Å². The van der Waals surface area contributed by atoms with E-state index >= 15 is 0 Å². The van der Waals surface area contributed by atoms with Gasteiger partial charge in [0.2, 0.25) is 0 Å². The Balaban J connectivity index is 0.000000556. The Morgan fingerprint density at radius 2 is 1.83 bits per heavy atom. The van der Waals surface area contributed by atoms with E-state index in [9.17, 15) is 21.6 Å². The fourth-order valence-electron chi connectivity index (χ4n) is 4.40. The molecule has 0 saturated heterocycles. The van der Waals surface area contributed by atoms with Crippen molar-refractivity contribution in [1.82, 2.24) is 9.97 Å². The van der Waals surface area contributed by atoms with Crippen LogP contribution in [0.15, 0.2) is 41.6 Å². The number of imidazole rings is 1. The lowest BCUT2D eigenvalue weighted by Gasteiger charge is -2.30. The van der Waals surface area contributed by atoms with E-state index < -0.39 is 16.5 Å². The van der Waals surface area contributed by atoms with E-state index in [0.717, 1.165) is 31.4 Å². The van der Waals surface area contributed by atoms with Gasteiger partial charge < -0.3 is 14.6 Å². The van der Waals surface area contributed by atoms with Crippen LogP contribution in [-0.2, 0) is 15.0 Å². The van der Waals surface area contributed by atoms with Gasteiger partial charge in [-0.3, -0.25) is 4.55 Å². The summed E-state index contributed by atoms with van der Waals surface area (Å²) >= 11 is 6.44. The van der Waals surface area contributed by atoms with Gasteiger partial charge in [-0.15, -0.1) is 13.2 Å². The SMILES string of the molecule is CS(=O)(=O)O.FC(F)(F)Oc1ccccc1-c1cc(Cl)c2nc(C3=NOC4(CCCCC4)C3)[nH]c2c1. The number of oxime groups is 1. The number of halogens is 4. The minimum atomic E-state index is -4.79. The van der Waals surface area contributed by atoms with E-state index in [0.29, 0.717) is 40.1 Å². The molecular formula is C23H23ClF3N3O5S. The van der Waals surface area contributed by atoms with Crippen LogP contribution in [0.4, 0.5) is 13.2 Å². The summed E-state index contributed by atoms with van der Waals surface area (Å²) in [5, 5.41) is 4.60. The molecule has 2 aromatic carbocycles. The Morgan fingerprint density at radius 3 is 2.50 bits per heavy atom. The van der Waals surface area contributed by atoms with Crippen LogP contribution in [0.5, 0.6) is 5.75 Å². The highest BCUT2D eigenvalue weighted by atomic mass is 35.5. The highest BCUT2D eigenvalue weighted by molar-refractivity contribution is 7.85. The van der Waals surface area contributed by atoms with Crippen LogP contribution in [0.1, 0.15) is 44.3 Å². The van der Waals surface area contributed by atoms with Crippen LogP contribution >= 0.6 is 11.6 Å². The van der Waals surface area contributed by atoms with Crippen molar-refractivity contribution in [2.75, 3.05) is 6.26 Å². The molecule has 1 aliphatic heterocycles. The van der Waals surface area contributed by atoms with Gasteiger partial charge >= 0.3 is 6.36 Å². The summed E-state index contributed by atoms with van der Waals surface area (Å²) in [7, 11) is -3.67. The standard InChI is InChI=1S/C22H19ClF3N3O2.CH4O3S/c23-15-10-13(14-6-2-3-7-18(14)30-22(24,25)26)11-16-19(15)28-20(27-16)17-12-21(31-29-17)8-4-1-5-9-21;1-5(2,3)4/h2-3,6-7,10-11H,1,4-5,8-9,12H2,(H,27,28);1H3,(H,2,3,4). The number of benzene rings is 2. The molecule has 2 N–H and O–H groups in total. The molecule has 0 unspecified atom stereocenters. The molecule has 36 heavy (non-hydrogen) atoms. The van der Waals surface area contributed by atoms with Crippen molar-refractivity contribution in [3.63, 3.8) is 0 Å². The van der Waals surface area contributed by atoms with Gasteiger partial charge in [0.25, 0.3) is 10.1 Å². The number of aromatic amines is 1. The molecule has 0 radical (unpaired) electrons. The Labute approximate surface area is 210 Å². The highest BCUT2D eigenvalue weighted by Crippen LogP contribution is 2.40. The Bertz CT molecular complexity index is 1390. The van der Waals surface area contributed by atoms with Crippen LogP contribution in [0.3, 0.4) is 0 Å². The maximum Gasteiger partial charge on any atom is 0.573 e. The summed E-state index contributed by atoms with van der Waals surface area (Å²) in [5.41, 5.74) is 2.39. The zero-order valence-corrected chi connectivity index (χ0v) is 20.7. The number of alkyl halides is 3. The molecule has 1 spiro atoms. The summed E-state index contributed by atoms with van der Waals surface area (Å²) in [6, 6.07) is 9.25. The normalized spacial score (nSPS) is 17.3. The molecule has 3 aromatic rings. The summed E-state index contributed by atoms with van der Waals surface area (Å²) in [4.78, 5) is 13.6. The topological polar surface area (TPSA) is 114 Å². The first-order valence-electron chi connectivity index (χ1n) is 11.0. The van der Waals surface area contributed by atoms with Gasteiger partial charge in [0, 0.05) is 12.0 Å². The smallest absolute Gasteiger partial charge is 0.405 e. The largest absolute Gasteiger partial charge is 0.573 e. The lowest BCUT2D eigenvalue weighted by molar-refractivity contribution is -0.274. The predicted molar refractivity (Wildman–Crippen MR) is 129 cm³/mol. The average molecular weight is 546 g/mol. The maximum atomic E-state index is 12.8. The molecule has 1 aromatic heterocycles. The van der Waals surface area contributed by atoms with Crippen molar-refractivity contribution in [2.45, 2.75) is 50.5 Å². The van der Waals surface area contributed by atoms with Crippen molar-refractivity contribution in [3.05, 3.63) is 47.2 Å². The lowest BCUT2D eigenvalue weighted by atomic mass is 9.81. The average Bonchev–Trinajstić information content (AvgIpc) is 3.37. The van der Waals surface area contributed by atoms with Crippen molar-refractivity contribution < 1.29 is 35.7 Å². The minimum Gasteiger partial charge on any atom is -0.405 e. The van der Waals surface area contributed by atoms with E-state index in [2.05, 4.69) is 19.9 Å². The van der Waals surface area contributed by atoms with Gasteiger partial charge in [0.1, 0.15) is 22.6 Å². The second-order valence-electron chi connectivity index (χ2n) is 8.77. The molecule has 0 atom stereocenters. The molecule has 194 valence electrons. The minimum absolute atomic E-state index is 0.241.